The fourth-order valence-electron chi connectivity index (χ4n) is 5.07. The van der Waals surface area contributed by atoms with E-state index in [1.165, 1.54) is 7.11 Å². The fraction of sp³-hybridized carbons (Fsp3) is 0.379. The largest absolute Gasteiger partial charge is 0.497 e. The van der Waals surface area contributed by atoms with E-state index < -0.39 is 0 Å². The van der Waals surface area contributed by atoms with Crippen molar-refractivity contribution in [3.63, 3.8) is 0 Å². The van der Waals surface area contributed by atoms with Crippen LogP contribution in [0.2, 0.25) is 0 Å². The van der Waals surface area contributed by atoms with Crippen LogP contribution in [-0.4, -0.2) is 48.4 Å². The van der Waals surface area contributed by atoms with Gasteiger partial charge in [-0.25, -0.2) is 0 Å². The van der Waals surface area contributed by atoms with Gasteiger partial charge in [-0.1, -0.05) is 44.2 Å². The number of piperidine rings is 1. The Morgan fingerprint density at radius 1 is 1.03 bits per heavy atom. The van der Waals surface area contributed by atoms with Crippen molar-refractivity contribution in [3.8, 4) is 11.5 Å². The summed E-state index contributed by atoms with van der Waals surface area (Å²) in [5, 5.41) is 7.76. The number of nitrogens with zero attached hydrogens (tertiary/aromatic N) is 2. The summed E-state index contributed by atoms with van der Waals surface area (Å²) < 4.78 is 14.5. The highest BCUT2D eigenvalue weighted by atomic mass is 16.5. The number of methoxy groups -OCH3 is 2. The third kappa shape index (κ3) is 4.93. The van der Waals surface area contributed by atoms with Gasteiger partial charge < -0.3 is 29.2 Å². The molecule has 1 fully saturated rings. The number of rotatable bonds is 6. The molecular weight excluding hydrogens is 468 g/mol. The maximum absolute atomic E-state index is 13.9. The smallest absolute Gasteiger partial charge is 0.272 e. The van der Waals surface area contributed by atoms with Gasteiger partial charge >= 0.3 is 0 Å². The molecule has 0 unspecified atom stereocenters. The van der Waals surface area contributed by atoms with E-state index in [2.05, 4.69) is 10.6 Å². The Hall–Kier alpha value is -3.78. The van der Waals surface area contributed by atoms with Crippen molar-refractivity contribution in [2.75, 3.05) is 27.3 Å². The molecular formula is C29H36N4O4. The minimum Gasteiger partial charge on any atom is -0.497 e. The maximum Gasteiger partial charge on any atom is 0.272 e. The van der Waals surface area contributed by atoms with E-state index >= 15 is 0 Å². The van der Waals surface area contributed by atoms with Crippen LogP contribution in [0.3, 0.4) is 0 Å². The number of aromatic nitrogens is 2. The Morgan fingerprint density at radius 3 is 2.35 bits per heavy atom. The molecule has 1 saturated heterocycles. The Bertz CT molecular complexity index is 1450. The molecule has 3 heterocycles. The Kier molecular flexibility index (Phi) is 8.18. The molecule has 8 nitrogen and oxygen atoms in total. The quantitative estimate of drug-likeness (QED) is 0.414. The maximum atomic E-state index is 13.9. The number of carbonyl (C=O) groups is 1. The second kappa shape index (κ2) is 11.5. The molecule has 1 amide bonds. The van der Waals surface area contributed by atoms with Gasteiger partial charge in [-0.2, -0.15) is 0 Å². The van der Waals surface area contributed by atoms with Gasteiger partial charge in [-0.05, 0) is 49.7 Å². The topological polar surface area (TPSA) is 86.5 Å². The molecule has 5 rings (SSSR count). The molecule has 0 radical (unpaired) electrons. The summed E-state index contributed by atoms with van der Waals surface area (Å²) in [6.45, 7) is 6.13. The molecule has 1 aliphatic rings. The molecule has 196 valence electrons. The number of benzene rings is 2. The van der Waals surface area contributed by atoms with Gasteiger partial charge in [0.25, 0.3) is 11.5 Å². The van der Waals surface area contributed by atoms with Crippen molar-refractivity contribution in [2.24, 2.45) is 7.05 Å². The number of carbonyl (C=O) groups excluding carboxylic acids is 1. The summed E-state index contributed by atoms with van der Waals surface area (Å²) in [6, 6.07) is 15.5. The van der Waals surface area contributed by atoms with Crippen LogP contribution in [0.25, 0.3) is 21.8 Å². The molecule has 0 aliphatic carbocycles. The van der Waals surface area contributed by atoms with Crippen LogP contribution in [0.5, 0.6) is 11.5 Å². The normalized spacial score (nSPS) is 13.8. The van der Waals surface area contributed by atoms with E-state index in [9.17, 15) is 9.59 Å². The zero-order valence-electron chi connectivity index (χ0n) is 22.3. The van der Waals surface area contributed by atoms with Gasteiger partial charge in [-0.15, -0.1) is 0 Å². The van der Waals surface area contributed by atoms with Crippen LogP contribution < -0.4 is 25.7 Å². The molecule has 0 bridgehead atoms. The molecule has 0 spiro atoms. The summed E-state index contributed by atoms with van der Waals surface area (Å²) in [5.41, 5.74) is 2.64. The first-order chi connectivity index (χ1) is 18.0. The first kappa shape index (κ1) is 26.3. The molecule has 4 aromatic rings. The lowest BCUT2D eigenvalue weighted by molar-refractivity contribution is 0.0918. The van der Waals surface area contributed by atoms with Gasteiger partial charge in [0.15, 0.2) is 11.4 Å². The van der Waals surface area contributed by atoms with Gasteiger partial charge in [0.05, 0.1) is 31.8 Å². The van der Waals surface area contributed by atoms with Crippen molar-refractivity contribution in [2.45, 2.75) is 39.3 Å². The average Bonchev–Trinajstić information content (AvgIpc) is 3.25. The van der Waals surface area contributed by atoms with Gasteiger partial charge in [0.2, 0.25) is 0 Å². The van der Waals surface area contributed by atoms with E-state index in [-0.39, 0.29) is 17.5 Å². The van der Waals surface area contributed by atoms with E-state index in [1.54, 1.807) is 16.2 Å². The number of hydrogen-bond acceptors (Lipinski definition) is 5. The second-order valence-corrected chi connectivity index (χ2v) is 8.92. The molecule has 2 aromatic carbocycles. The minimum atomic E-state index is -0.224. The van der Waals surface area contributed by atoms with Crippen LogP contribution in [0.4, 0.5) is 0 Å². The number of amides is 1. The first-order valence-electron chi connectivity index (χ1n) is 12.9. The van der Waals surface area contributed by atoms with Gasteiger partial charge in [0.1, 0.15) is 11.1 Å². The number of fused-ring (bicyclic) bond motifs is 3. The molecule has 0 saturated carbocycles. The summed E-state index contributed by atoms with van der Waals surface area (Å²) in [5.74, 6) is 0.848. The van der Waals surface area contributed by atoms with Crippen LogP contribution in [-0.2, 0) is 13.6 Å². The first-order valence-corrected chi connectivity index (χ1v) is 12.9. The van der Waals surface area contributed by atoms with E-state index in [0.29, 0.717) is 28.9 Å². The molecule has 2 aromatic heterocycles. The van der Waals surface area contributed by atoms with Crippen LogP contribution >= 0.6 is 0 Å². The van der Waals surface area contributed by atoms with Crippen molar-refractivity contribution in [3.05, 3.63) is 70.1 Å². The van der Waals surface area contributed by atoms with E-state index in [1.807, 2.05) is 69.4 Å². The van der Waals surface area contributed by atoms with Crippen molar-refractivity contribution >= 4 is 27.7 Å². The zero-order valence-corrected chi connectivity index (χ0v) is 22.3. The third-order valence-corrected chi connectivity index (χ3v) is 6.85. The highest BCUT2D eigenvalue weighted by Crippen LogP contribution is 2.35. The van der Waals surface area contributed by atoms with E-state index in [4.69, 9.17) is 9.47 Å². The third-order valence-electron chi connectivity index (χ3n) is 6.85. The predicted octanol–water partition coefficient (Wildman–Crippen LogP) is 4.07. The molecule has 37 heavy (non-hydrogen) atoms. The summed E-state index contributed by atoms with van der Waals surface area (Å²) >= 11 is 0. The van der Waals surface area contributed by atoms with E-state index in [0.717, 1.165) is 48.1 Å². The Labute approximate surface area is 217 Å². The molecule has 1 aliphatic heterocycles. The SMILES string of the molecule is CC.COc1ccc(Cn2c(=O)c3c(OC)c(C(=O)NC4CCNCC4)n(C)c3c3ccccc32)cc1. The molecule has 8 heteroatoms. The van der Waals surface area contributed by atoms with Gasteiger partial charge in [-0.3, -0.25) is 9.59 Å². The number of para-hydroxylation sites is 1. The van der Waals surface area contributed by atoms with Gasteiger partial charge in [0, 0.05) is 18.5 Å². The lowest BCUT2D eigenvalue weighted by Crippen LogP contribution is -2.43. The van der Waals surface area contributed by atoms with Crippen LogP contribution in [0.15, 0.2) is 53.3 Å². The zero-order chi connectivity index (χ0) is 26.5. The van der Waals surface area contributed by atoms with Crippen LogP contribution in [0.1, 0.15) is 42.7 Å². The summed E-state index contributed by atoms with van der Waals surface area (Å²) in [7, 11) is 4.96. The Balaban J connectivity index is 0.00000156. The second-order valence-electron chi connectivity index (χ2n) is 8.92. The van der Waals surface area contributed by atoms with Crippen LogP contribution in [0, 0.1) is 0 Å². The number of aryl methyl sites for hydroxylation is 1. The highest BCUT2D eigenvalue weighted by Gasteiger charge is 2.28. The molecule has 0 atom stereocenters. The number of nitrogens with one attached hydrogen (secondary N) is 2. The molecule has 2 N–H and O–H groups in total. The average molecular weight is 505 g/mol. The van der Waals surface area contributed by atoms with Crippen molar-refractivity contribution < 1.29 is 14.3 Å². The number of hydrogen-bond donors (Lipinski definition) is 2. The lowest BCUT2D eigenvalue weighted by Gasteiger charge is -2.23. The fourth-order valence-corrected chi connectivity index (χ4v) is 5.07. The predicted molar refractivity (Wildman–Crippen MR) is 148 cm³/mol. The summed E-state index contributed by atoms with van der Waals surface area (Å²) in [6.07, 6.45) is 1.74. The number of ether oxygens (including phenoxy) is 2. The monoisotopic (exact) mass is 504 g/mol. The highest BCUT2D eigenvalue weighted by molar-refractivity contribution is 6.12. The Morgan fingerprint density at radius 2 is 1.70 bits per heavy atom. The lowest BCUT2D eigenvalue weighted by atomic mass is 10.1. The summed E-state index contributed by atoms with van der Waals surface area (Å²) in [4.78, 5) is 27.3. The number of pyridine rings is 1. The van der Waals surface area contributed by atoms with Crippen molar-refractivity contribution in [1.82, 2.24) is 19.8 Å². The standard InChI is InChI=1S/C27H30N4O4.C2H6/c1-30-23-20-6-4-5-7-21(20)31(16-17-8-10-19(34-2)11-9-17)27(33)22(23)25(35-3)24(30)26(32)29-18-12-14-28-15-13-18;1-2/h4-11,18,28H,12-16H2,1-3H3,(H,29,32);1-2H3. The van der Waals surface area contributed by atoms with Crippen molar-refractivity contribution in [1.29, 1.82) is 0 Å². The minimum absolute atomic E-state index is 0.0925.